The number of ether oxygens (including phenoxy) is 1. The van der Waals surface area contributed by atoms with Crippen LogP contribution in [-0.4, -0.2) is 21.9 Å². The number of anilines is 2. The molecule has 2 aromatic carbocycles. The molecule has 0 saturated heterocycles. The van der Waals surface area contributed by atoms with E-state index in [2.05, 4.69) is 63.1 Å². The number of fused-ring (bicyclic) bond motifs is 2. The normalized spacial score (nSPS) is 23.5. The Morgan fingerprint density at radius 2 is 1.86 bits per heavy atom. The first-order valence-corrected chi connectivity index (χ1v) is 11.0. The highest BCUT2D eigenvalue weighted by molar-refractivity contribution is 7.99. The Hall–Kier alpha value is -2.24. The van der Waals surface area contributed by atoms with Gasteiger partial charge in [-0.05, 0) is 31.0 Å². The van der Waals surface area contributed by atoms with Crippen LogP contribution in [0.1, 0.15) is 43.7 Å². The van der Waals surface area contributed by atoms with Crippen molar-refractivity contribution in [2.24, 2.45) is 0 Å². The average molecular weight is 390 g/mol. The number of aromatic nitrogens is 2. The minimum Gasteiger partial charge on any atom is -0.355 e. The van der Waals surface area contributed by atoms with Crippen molar-refractivity contribution in [3.63, 3.8) is 0 Å². The first kappa shape index (κ1) is 16.7. The second kappa shape index (κ2) is 6.68. The molecular formula is C23H23N3OS. The Morgan fingerprint density at radius 3 is 2.71 bits per heavy atom. The number of para-hydroxylation sites is 2. The summed E-state index contributed by atoms with van der Waals surface area (Å²) in [6, 6.07) is 15.7. The molecule has 3 aromatic rings. The van der Waals surface area contributed by atoms with Gasteiger partial charge in [-0.2, -0.15) is 0 Å². The van der Waals surface area contributed by atoms with E-state index in [0.717, 1.165) is 6.42 Å². The van der Waals surface area contributed by atoms with E-state index < -0.39 is 0 Å². The molecule has 6 rings (SSSR count). The molecule has 1 aliphatic carbocycles. The van der Waals surface area contributed by atoms with E-state index in [1.165, 1.54) is 52.4 Å². The predicted octanol–water partition coefficient (Wildman–Crippen LogP) is 5.76. The monoisotopic (exact) mass is 389 g/mol. The number of rotatable bonds is 3. The van der Waals surface area contributed by atoms with E-state index in [-0.39, 0.29) is 12.3 Å². The van der Waals surface area contributed by atoms with Crippen LogP contribution >= 0.6 is 11.8 Å². The molecule has 5 heteroatoms. The molecular weight excluding hydrogens is 366 g/mol. The lowest BCUT2D eigenvalue weighted by molar-refractivity contribution is -0.0165. The van der Waals surface area contributed by atoms with Gasteiger partial charge in [-0.15, -0.1) is 0 Å². The molecule has 3 aliphatic rings. The fraction of sp³-hybridized carbons (Fsp3) is 0.348. The second-order valence-corrected chi connectivity index (χ2v) is 8.98. The van der Waals surface area contributed by atoms with Crippen LogP contribution < -0.4 is 4.90 Å². The molecule has 2 atom stereocenters. The molecule has 28 heavy (non-hydrogen) atoms. The van der Waals surface area contributed by atoms with Gasteiger partial charge in [-0.1, -0.05) is 48.9 Å². The van der Waals surface area contributed by atoms with E-state index in [1.807, 2.05) is 24.3 Å². The molecule has 3 heterocycles. The maximum Gasteiger partial charge on any atom is 0.137 e. The van der Waals surface area contributed by atoms with Gasteiger partial charge in [0.1, 0.15) is 6.23 Å². The zero-order chi connectivity index (χ0) is 18.5. The van der Waals surface area contributed by atoms with Crippen LogP contribution in [0.3, 0.4) is 0 Å². The van der Waals surface area contributed by atoms with Crippen LogP contribution in [0.25, 0.3) is 0 Å². The molecule has 0 radical (unpaired) electrons. The summed E-state index contributed by atoms with van der Waals surface area (Å²) in [5, 5.41) is 0. The third kappa shape index (κ3) is 2.60. The Morgan fingerprint density at radius 1 is 1.00 bits per heavy atom. The lowest BCUT2D eigenvalue weighted by Gasteiger charge is -2.46. The topological polar surface area (TPSA) is 30.3 Å². The summed E-state index contributed by atoms with van der Waals surface area (Å²) in [6.07, 6.45) is 12.2. The molecule has 2 unspecified atom stereocenters. The van der Waals surface area contributed by atoms with Gasteiger partial charge >= 0.3 is 0 Å². The Bertz CT molecular complexity index is 997. The summed E-state index contributed by atoms with van der Waals surface area (Å²) in [6.45, 7) is 0. The van der Waals surface area contributed by atoms with E-state index in [0.29, 0.717) is 6.10 Å². The minimum atomic E-state index is 0.0474. The second-order valence-electron chi connectivity index (χ2n) is 7.89. The lowest BCUT2D eigenvalue weighted by Crippen LogP contribution is -2.43. The third-order valence-electron chi connectivity index (χ3n) is 6.22. The van der Waals surface area contributed by atoms with Crippen molar-refractivity contribution >= 4 is 23.1 Å². The Labute approximate surface area is 169 Å². The maximum atomic E-state index is 6.77. The number of hydrogen-bond acceptors (Lipinski definition) is 4. The maximum absolute atomic E-state index is 6.77. The van der Waals surface area contributed by atoms with Crippen molar-refractivity contribution in [1.29, 1.82) is 0 Å². The largest absolute Gasteiger partial charge is 0.355 e. The first-order valence-electron chi connectivity index (χ1n) is 10.2. The van der Waals surface area contributed by atoms with Crippen molar-refractivity contribution in [2.45, 2.75) is 60.3 Å². The van der Waals surface area contributed by atoms with Crippen LogP contribution in [0.15, 0.2) is 71.0 Å². The summed E-state index contributed by atoms with van der Waals surface area (Å²) < 4.78 is 9.01. The van der Waals surface area contributed by atoms with E-state index in [9.17, 15) is 0 Å². The number of nitrogens with zero attached hydrogens (tertiary/aromatic N) is 3. The van der Waals surface area contributed by atoms with Gasteiger partial charge in [0.25, 0.3) is 0 Å². The highest BCUT2D eigenvalue weighted by Gasteiger charge is 2.40. The minimum absolute atomic E-state index is 0.0474. The molecule has 0 bridgehead atoms. The van der Waals surface area contributed by atoms with Gasteiger partial charge in [0.15, 0.2) is 0 Å². The summed E-state index contributed by atoms with van der Waals surface area (Å²) in [5.74, 6) is 0. The van der Waals surface area contributed by atoms with Crippen molar-refractivity contribution in [2.75, 3.05) is 4.90 Å². The van der Waals surface area contributed by atoms with Crippen LogP contribution in [0.4, 0.5) is 11.4 Å². The SMILES string of the molecule is c1ccc2c(c1)Sc1cccc3c1N2C(OC1CCCC1)CC3n1ccnc1. The van der Waals surface area contributed by atoms with E-state index in [1.54, 1.807) is 0 Å². The first-order chi connectivity index (χ1) is 13.9. The summed E-state index contributed by atoms with van der Waals surface area (Å²) in [7, 11) is 0. The predicted molar refractivity (Wildman–Crippen MR) is 111 cm³/mol. The van der Waals surface area contributed by atoms with Gasteiger partial charge in [-0.25, -0.2) is 4.98 Å². The summed E-state index contributed by atoms with van der Waals surface area (Å²) >= 11 is 1.87. The summed E-state index contributed by atoms with van der Waals surface area (Å²) in [4.78, 5) is 9.42. The molecule has 0 spiro atoms. The van der Waals surface area contributed by atoms with Gasteiger partial charge < -0.3 is 14.2 Å². The van der Waals surface area contributed by atoms with Gasteiger partial charge in [0, 0.05) is 34.2 Å². The van der Waals surface area contributed by atoms with Crippen LogP contribution in [0.2, 0.25) is 0 Å². The van der Waals surface area contributed by atoms with Crippen molar-refractivity contribution in [3.8, 4) is 0 Å². The fourth-order valence-electron chi connectivity index (χ4n) is 4.95. The molecule has 1 fully saturated rings. The van der Waals surface area contributed by atoms with Crippen LogP contribution in [0, 0.1) is 0 Å². The molecule has 0 amide bonds. The molecule has 142 valence electrons. The lowest BCUT2D eigenvalue weighted by atomic mass is 9.93. The highest BCUT2D eigenvalue weighted by atomic mass is 32.2. The zero-order valence-electron chi connectivity index (χ0n) is 15.7. The standard InChI is InChI=1S/C23H23N3OS/c1-2-7-16(6-1)27-22-14-19(25-13-12-24-15-25)17-8-5-11-21-23(17)26(22)18-9-3-4-10-20(18)28-21/h3-5,8-13,15-16,19,22H,1-2,6-7,14H2. The van der Waals surface area contributed by atoms with Gasteiger partial charge in [-0.3, -0.25) is 0 Å². The average Bonchev–Trinajstić information content (AvgIpc) is 3.43. The highest BCUT2D eigenvalue weighted by Crippen LogP contribution is 2.55. The Kier molecular flexibility index (Phi) is 3.98. The molecule has 1 saturated carbocycles. The molecule has 0 N–H and O–H groups in total. The fourth-order valence-corrected chi connectivity index (χ4v) is 6.07. The number of imidazole rings is 1. The molecule has 2 aliphatic heterocycles. The van der Waals surface area contributed by atoms with Crippen molar-refractivity contribution in [3.05, 3.63) is 66.7 Å². The molecule has 1 aromatic heterocycles. The van der Waals surface area contributed by atoms with E-state index >= 15 is 0 Å². The van der Waals surface area contributed by atoms with E-state index in [4.69, 9.17) is 4.74 Å². The zero-order valence-corrected chi connectivity index (χ0v) is 16.5. The number of hydrogen-bond donors (Lipinski definition) is 0. The van der Waals surface area contributed by atoms with Gasteiger partial charge in [0.05, 0.1) is 29.8 Å². The molecule has 4 nitrogen and oxygen atoms in total. The summed E-state index contributed by atoms with van der Waals surface area (Å²) in [5.41, 5.74) is 3.96. The van der Waals surface area contributed by atoms with Crippen molar-refractivity contribution < 1.29 is 4.74 Å². The Balaban J connectivity index is 1.51. The van der Waals surface area contributed by atoms with Crippen molar-refractivity contribution in [1.82, 2.24) is 9.55 Å². The number of benzene rings is 2. The third-order valence-corrected chi connectivity index (χ3v) is 7.34. The van der Waals surface area contributed by atoms with Gasteiger partial charge in [0.2, 0.25) is 0 Å². The van der Waals surface area contributed by atoms with Crippen LogP contribution in [-0.2, 0) is 4.74 Å². The quantitative estimate of drug-likeness (QED) is 0.569. The smallest absolute Gasteiger partial charge is 0.137 e. The van der Waals surface area contributed by atoms with Crippen LogP contribution in [0.5, 0.6) is 0 Å².